The van der Waals surface area contributed by atoms with Gasteiger partial charge in [0.1, 0.15) is 5.56 Å². The third-order valence-electron chi connectivity index (χ3n) is 2.55. The molecule has 0 radical (unpaired) electrons. The normalized spacial score (nSPS) is 13.7. The zero-order valence-corrected chi connectivity index (χ0v) is 10.8. The molecular weight excluding hydrogens is 272 g/mol. The first-order chi connectivity index (χ1) is 8.99. The minimum Gasteiger partial charge on any atom is -0.354 e. The molecule has 0 unspecified atom stereocenters. The van der Waals surface area contributed by atoms with Crippen molar-refractivity contribution < 1.29 is 9.72 Å². The molecule has 2 N–H and O–H groups in total. The molecule has 0 atom stereocenters. The molecule has 1 fully saturated rings. The summed E-state index contributed by atoms with van der Waals surface area (Å²) < 4.78 is 0. The number of carbonyl (C=O) groups is 1. The molecule has 8 heteroatoms. The van der Waals surface area contributed by atoms with Crippen LogP contribution in [0, 0.1) is 17.0 Å². The third-order valence-corrected chi connectivity index (χ3v) is 2.85. The maximum Gasteiger partial charge on any atom is 0.288 e. The number of benzene rings is 1. The molecule has 7 nitrogen and oxygen atoms in total. The van der Waals surface area contributed by atoms with Crippen molar-refractivity contribution in [2.45, 2.75) is 6.92 Å². The van der Waals surface area contributed by atoms with Gasteiger partial charge in [-0.15, -0.1) is 0 Å². The quantitative estimate of drug-likeness (QED) is 0.628. The van der Waals surface area contributed by atoms with Gasteiger partial charge in [0.2, 0.25) is 0 Å². The number of nitrogens with one attached hydrogen (secondary N) is 2. The second-order valence-corrected chi connectivity index (χ2v) is 4.42. The lowest BCUT2D eigenvalue weighted by molar-refractivity contribution is -0.385. The van der Waals surface area contributed by atoms with Gasteiger partial charge in [-0.2, -0.15) is 4.99 Å². The highest BCUT2D eigenvalue weighted by Gasteiger charge is 2.25. The van der Waals surface area contributed by atoms with Gasteiger partial charge >= 0.3 is 0 Å². The van der Waals surface area contributed by atoms with Crippen molar-refractivity contribution in [1.29, 1.82) is 0 Å². The van der Waals surface area contributed by atoms with E-state index in [0.717, 1.165) is 0 Å². The van der Waals surface area contributed by atoms with Crippen LogP contribution in [0.25, 0.3) is 0 Å². The van der Waals surface area contributed by atoms with Gasteiger partial charge in [0, 0.05) is 19.2 Å². The van der Waals surface area contributed by atoms with E-state index >= 15 is 0 Å². The summed E-state index contributed by atoms with van der Waals surface area (Å²) in [5, 5.41) is 16.7. The lowest BCUT2D eigenvalue weighted by atomic mass is 10.1. The predicted molar refractivity (Wildman–Crippen MR) is 70.6 cm³/mol. The van der Waals surface area contributed by atoms with E-state index in [2.05, 4.69) is 15.6 Å². The summed E-state index contributed by atoms with van der Waals surface area (Å²) in [7, 11) is 0. The Morgan fingerprint density at radius 2 is 2.05 bits per heavy atom. The van der Waals surface area contributed by atoms with Crippen LogP contribution < -0.4 is 10.6 Å². The summed E-state index contributed by atoms with van der Waals surface area (Å²) >= 11 is 5.92. The maximum absolute atomic E-state index is 12.0. The van der Waals surface area contributed by atoms with Crippen LogP contribution in [0.5, 0.6) is 0 Å². The minimum atomic E-state index is -0.742. The Balaban J connectivity index is 2.46. The summed E-state index contributed by atoms with van der Waals surface area (Å²) in [5.74, 6) is -0.440. The van der Waals surface area contributed by atoms with Gasteiger partial charge in [-0.1, -0.05) is 11.6 Å². The molecule has 1 aromatic carbocycles. The Morgan fingerprint density at radius 1 is 1.42 bits per heavy atom. The van der Waals surface area contributed by atoms with E-state index in [4.69, 9.17) is 11.6 Å². The van der Waals surface area contributed by atoms with Crippen LogP contribution in [0.1, 0.15) is 15.9 Å². The molecule has 0 aliphatic carbocycles. The number of aliphatic imine (C=N–C) groups is 1. The van der Waals surface area contributed by atoms with Gasteiger partial charge in [-0.05, 0) is 18.6 Å². The van der Waals surface area contributed by atoms with Gasteiger partial charge in [0.25, 0.3) is 11.6 Å². The standard InChI is InChI=1S/C11H11ClN4O3/c1-6-4-7(12)9(8(5-6)16(18)19)10(17)15-11-13-2-3-14-11/h4-5H,2-3H2,1H3,(H2,13,14,15,17). The van der Waals surface area contributed by atoms with E-state index in [-0.39, 0.29) is 16.3 Å². The van der Waals surface area contributed by atoms with Gasteiger partial charge in [0.05, 0.1) is 9.95 Å². The number of halogens is 1. The van der Waals surface area contributed by atoms with E-state index in [9.17, 15) is 14.9 Å². The lowest BCUT2D eigenvalue weighted by Crippen LogP contribution is -2.25. The first-order valence-corrected chi connectivity index (χ1v) is 5.92. The minimum absolute atomic E-state index is 0.0269. The highest BCUT2D eigenvalue weighted by atomic mass is 35.5. The zero-order chi connectivity index (χ0) is 14.0. The molecule has 0 saturated carbocycles. The molecule has 2 rings (SSSR count). The third kappa shape index (κ3) is 2.82. The van der Waals surface area contributed by atoms with Gasteiger partial charge < -0.3 is 10.6 Å². The Hall–Kier alpha value is -2.15. The number of amides is 1. The first-order valence-electron chi connectivity index (χ1n) is 5.54. The van der Waals surface area contributed by atoms with E-state index in [1.54, 1.807) is 6.92 Å². The van der Waals surface area contributed by atoms with Crippen molar-refractivity contribution in [3.05, 3.63) is 38.4 Å². The second kappa shape index (κ2) is 5.23. The Kier molecular flexibility index (Phi) is 3.66. The highest BCUT2D eigenvalue weighted by molar-refractivity contribution is 6.34. The zero-order valence-electron chi connectivity index (χ0n) is 10.1. The molecule has 1 amide bonds. The topological polar surface area (TPSA) is 96.6 Å². The summed E-state index contributed by atoms with van der Waals surface area (Å²) in [6.07, 6.45) is 0. The number of aryl methyl sites for hydroxylation is 1. The number of guanidine groups is 1. The van der Waals surface area contributed by atoms with E-state index in [1.165, 1.54) is 12.1 Å². The van der Waals surface area contributed by atoms with Crippen molar-refractivity contribution in [2.24, 2.45) is 4.99 Å². The molecular formula is C11H11ClN4O3. The average Bonchev–Trinajstić information content (AvgIpc) is 2.80. The lowest BCUT2D eigenvalue weighted by Gasteiger charge is -2.04. The molecule has 0 aromatic heterocycles. The largest absolute Gasteiger partial charge is 0.354 e. The maximum atomic E-state index is 12.0. The van der Waals surface area contributed by atoms with Crippen molar-refractivity contribution in [1.82, 2.24) is 10.6 Å². The Bertz CT molecular complexity index is 578. The Labute approximate surface area is 113 Å². The molecule has 1 aliphatic heterocycles. The van der Waals surface area contributed by atoms with Gasteiger partial charge in [0.15, 0.2) is 5.96 Å². The average molecular weight is 283 g/mol. The van der Waals surface area contributed by atoms with Crippen LogP contribution in [-0.4, -0.2) is 29.9 Å². The van der Waals surface area contributed by atoms with Crippen molar-refractivity contribution in [2.75, 3.05) is 13.1 Å². The summed E-state index contributed by atoms with van der Waals surface area (Å²) in [5.41, 5.74) is 0.0793. The highest BCUT2D eigenvalue weighted by Crippen LogP contribution is 2.29. The molecule has 19 heavy (non-hydrogen) atoms. The monoisotopic (exact) mass is 282 g/mol. The van der Waals surface area contributed by atoms with Crippen LogP contribution in [-0.2, 0) is 0 Å². The second-order valence-electron chi connectivity index (χ2n) is 4.02. The van der Waals surface area contributed by atoms with Crippen LogP contribution >= 0.6 is 11.6 Å². The molecule has 1 saturated heterocycles. The molecule has 0 spiro atoms. The van der Waals surface area contributed by atoms with Crippen LogP contribution in [0.3, 0.4) is 0 Å². The van der Waals surface area contributed by atoms with Gasteiger partial charge in [-0.25, -0.2) is 0 Å². The van der Waals surface area contributed by atoms with Crippen LogP contribution in [0.2, 0.25) is 5.02 Å². The molecule has 100 valence electrons. The number of hydrogen-bond donors (Lipinski definition) is 2. The summed E-state index contributed by atoms with van der Waals surface area (Å²) in [4.78, 5) is 26.1. The summed E-state index contributed by atoms with van der Waals surface area (Å²) in [6.45, 7) is 2.96. The first kappa shape index (κ1) is 13.3. The number of nitrogens with zero attached hydrogens (tertiary/aromatic N) is 2. The van der Waals surface area contributed by atoms with E-state index < -0.39 is 10.8 Å². The molecule has 1 aliphatic rings. The predicted octanol–water partition coefficient (Wildman–Crippen LogP) is 1.25. The number of nitro groups is 1. The number of carbonyl (C=O) groups excluding carboxylic acids is 1. The van der Waals surface area contributed by atoms with Crippen LogP contribution in [0.15, 0.2) is 17.1 Å². The fraction of sp³-hybridized carbons (Fsp3) is 0.273. The van der Waals surface area contributed by atoms with Crippen molar-refractivity contribution >= 4 is 29.2 Å². The summed E-state index contributed by atoms with van der Waals surface area (Å²) in [6, 6.07) is 2.80. The molecule has 0 bridgehead atoms. The fourth-order valence-corrected chi connectivity index (χ4v) is 2.09. The molecule has 1 aromatic rings. The number of nitro benzene ring substituents is 1. The number of hydrogen-bond acceptors (Lipinski definition) is 3. The van der Waals surface area contributed by atoms with Gasteiger partial charge in [-0.3, -0.25) is 14.9 Å². The van der Waals surface area contributed by atoms with E-state index in [1.807, 2.05) is 0 Å². The van der Waals surface area contributed by atoms with Crippen molar-refractivity contribution in [3.8, 4) is 0 Å². The Morgan fingerprint density at radius 3 is 2.63 bits per heavy atom. The molecule has 1 heterocycles. The SMILES string of the molecule is Cc1cc(Cl)c(C(=O)N=C2NCCN2)c([N+](=O)[O-])c1. The van der Waals surface area contributed by atoms with Crippen molar-refractivity contribution in [3.63, 3.8) is 0 Å². The van der Waals surface area contributed by atoms with Crippen LogP contribution in [0.4, 0.5) is 5.69 Å². The smallest absolute Gasteiger partial charge is 0.288 e. The van der Waals surface area contributed by atoms with E-state index in [0.29, 0.717) is 24.6 Å². The fourth-order valence-electron chi connectivity index (χ4n) is 1.74. The number of rotatable bonds is 2.